The second kappa shape index (κ2) is 5.68. The maximum absolute atomic E-state index is 11.7. The predicted octanol–water partition coefficient (Wildman–Crippen LogP) is 1.60. The van der Waals surface area contributed by atoms with Gasteiger partial charge >= 0.3 is 6.09 Å². The van der Waals surface area contributed by atoms with E-state index in [-0.39, 0.29) is 6.09 Å². The number of rotatable bonds is 3. The van der Waals surface area contributed by atoms with E-state index in [0.29, 0.717) is 19.1 Å². The molecule has 2 N–H and O–H groups in total. The van der Waals surface area contributed by atoms with Crippen LogP contribution in [0.25, 0.3) is 0 Å². The van der Waals surface area contributed by atoms with E-state index in [1.54, 1.807) is 4.90 Å². The van der Waals surface area contributed by atoms with Crippen LogP contribution in [0, 0.1) is 5.92 Å². The lowest BCUT2D eigenvalue weighted by Gasteiger charge is -2.16. The van der Waals surface area contributed by atoms with Crippen molar-refractivity contribution in [3.8, 4) is 0 Å². The van der Waals surface area contributed by atoms with Gasteiger partial charge in [-0.1, -0.05) is 30.3 Å². The van der Waals surface area contributed by atoms with Gasteiger partial charge in [0.05, 0.1) is 0 Å². The number of likely N-dealkylation sites (tertiary alicyclic amines) is 1. The smallest absolute Gasteiger partial charge is 0.410 e. The SMILES string of the molecule is NC[C@@H]1CCN(C(=O)OCc2ccccc2)C1. The van der Waals surface area contributed by atoms with Crippen molar-refractivity contribution in [3.63, 3.8) is 0 Å². The van der Waals surface area contributed by atoms with Crippen LogP contribution in [0.2, 0.25) is 0 Å². The van der Waals surface area contributed by atoms with Gasteiger partial charge in [0.2, 0.25) is 0 Å². The highest BCUT2D eigenvalue weighted by Crippen LogP contribution is 2.16. The van der Waals surface area contributed by atoms with Crippen molar-refractivity contribution in [2.75, 3.05) is 19.6 Å². The zero-order valence-electron chi connectivity index (χ0n) is 9.84. The minimum Gasteiger partial charge on any atom is -0.445 e. The van der Waals surface area contributed by atoms with Gasteiger partial charge in [-0.05, 0) is 24.4 Å². The summed E-state index contributed by atoms with van der Waals surface area (Å²) in [5, 5.41) is 0. The first-order valence-corrected chi connectivity index (χ1v) is 5.95. The van der Waals surface area contributed by atoms with Crippen molar-refractivity contribution >= 4 is 6.09 Å². The molecule has 0 unspecified atom stereocenters. The summed E-state index contributed by atoms with van der Waals surface area (Å²) in [7, 11) is 0. The molecule has 0 bridgehead atoms. The molecule has 17 heavy (non-hydrogen) atoms. The monoisotopic (exact) mass is 234 g/mol. The van der Waals surface area contributed by atoms with Gasteiger partial charge in [-0.25, -0.2) is 4.79 Å². The first kappa shape index (κ1) is 11.9. The number of carbonyl (C=O) groups is 1. The number of carbonyl (C=O) groups excluding carboxylic acids is 1. The van der Waals surface area contributed by atoms with E-state index < -0.39 is 0 Å². The Labute approximate surface area is 101 Å². The minimum atomic E-state index is -0.232. The van der Waals surface area contributed by atoms with Crippen molar-refractivity contribution in [1.82, 2.24) is 4.90 Å². The zero-order chi connectivity index (χ0) is 12.1. The van der Waals surface area contributed by atoms with Gasteiger partial charge in [-0.2, -0.15) is 0 Å². The molecule has 1 aromatic carbocycles. The second-order valence-corrected chi connectivity index (χ2v) is 4.38. The van der Waals surface area contributed by atoms with Crippen molar-refractivity contribution in [1.29, 1.82) is 0 Å². The van der Waals surface area contributed by atoms with E-state index in [1.165, 1.54) is 0 Å². The summed E-state index contributed by atoms with van der Waals surface area (Å²) in [6, 6.07) is 9.70. The van der Waals surface area contributed by atoms with Gasteiger partial charge in [-0.15, -0.1) is 0 Å². The fourth-order valence-electron chi connectivity index (χ4n) is 2.00. The van der Waals surface area contributed by atoms with Crippen molar-refractivity contribution < 1.29 is 9.53 Å². The third-order valence-electron chi connectivity index (χ3n) is 3.08. The Morgan fingerprint density at radius 2 is 2.18 bits per heavy atom. The van der Waals surface area contributed by atoms with Crippen LogP contribution in [-0.2, 0) is 11.3 Å². The molecule has 92 valence electrons. The first-order chi connectivity index (χ1) is 8.29. The highest BCUT2D eigenvalue weighted by molar-refractivity contribution is 5.68. The van der Waals surface area contributed by atoms with E-state index >= 15 is 0 Å². The Bertz CT molecular complexity index is 367. The maximum Gasteiger partial charge on any atom is 0.410 e. The molecular weight excluding hydrogens is 216 g/mol. The van der Waals surface area contributed by atoms with Gasteiger partial charge < -0.3 is 15.4 Å². The van der Waals surface area contributed by atoms with Gasteiger partial charge in [0.1, 0.15) is 6.61 Å². The highest BCUT2D eigenvalue weighted by atomic mass is 16.6. The van der Waals surface area contributed by atoms with Gasteiger partial charge in [0.25, 0.3) is 0 Å². The quantitative estimate of drug-likeness (QED) is 0.864. The summed E-state index contributed by atoms with van der Waals surface area (Å²) < 4.78 is 5.25. The molecule has 0 saturated carbocycles. The minimum absolute atomic E-state index is 0.232. The largest absolute Gasteiger partial charge is 0.445 e. The number of benzene rings is 1. The summed E-state index contributed by atoms with van der Waals surface area (Å²) >= 11 is 0. The number of hydrogen-bond acceptors (Lipinski definition) is 3. The molecule has 4 nitrogen and oxygen atoms in total. The zero-order valence-corrected chi connectivity index (χ0v) is 9.84. The molecule has 1 aliphatic heterocycles. The lowest BCUT2D eigenvalue weighted by molar-refractivity contribution is 0.103. The third-order valence-corrected chi connectivity index (χ3v) is 3.08. The van der Waals surface area contributed by atoms with E-state index in [9.17, 15) is 4.79 Å². The molecular formula is C13H18N2O2. The summed E-state index contributed by atoms with van der Waals surface area (Å²) in [4.78, 5) is 13.5. The Hall–Kier alpha value is -1.55. The standard InChI is InChI=1S/C13H18N2O2/c14-8-12-6-7-15(9-12)13(16)17-10-11-4-2-1-3-5-11/h1-5,12H,6-10,14H2/t12-/m0/s1. The molecule has 0 aliphatic carbocycles. The topological polar surface area (TPSA) is 55.6 Å². The average molecular weight is 234 g/mol. The van der Waals surface area contributed by atoms with Crippen LogP contribution in [0.3, 0.4) is 0 Å². The molecule has 1 atom stereocenters. The molecule has 1 saturated heterocycles. The molecule has 1 heterocycles. The lowest BCUT2D eigenvalue weighted by Crippen LogP contribution is -2.30. The number of nitrogens with two attached hydrogens (primary N) is 1. The Morgan fingerprint density at radius 3 is 2.82 bits per heavy atom. The molecule has 1 aliphatic rings. The van der Waals surface area contributed by atoms with E-state index in [0.717, 1.165) is 25.1 Å². The number of ether oxygens (including phenoxy) is 1. The molecule has 4 heteroatoms. The number of amides is 1. The van der Waals surface area contributed by atoms with Crippen LogP contribution < -0.4 is 5.73 Å². The third kappa shape index (κ3) is 3.20. The van der Waals surface area contributed by atoms with Crippen LogP contribution in [0.4, 0.5) is 4.79 Å². The number of nitrogens with zero attached hydrogens (tertiary/aromatic N) is 1. The molecule has 1 fully saturated rings. The Morgan fingerprint density at radius 1 is 1.41 bits per heavy atom. The number of hydrogen-bond donors (Lipinski definition) is 1. The van der Waals surface area contributed by atoms with Gasteiger partial charge in [0, 0.05) is 13.1 Å². The van der Waals surface area contributed by atoms with Crippen LogP contribution in [0.5, 0.6) is 0 Å². The Balaban J connectivity index is 1.78. The molecule has 1 aromatic rings. The molecule has 2 rings (SSSR count). The molecule has 0 spiro atoms. The van der Waals surface area contributed by atoms with Crippen LogP contribution in [0.15, 0.2) is 30.3 Å². The first-order valence-electron chi connectivity index (χ1n) is 5.95. The van der Waals surface area contributed by atoms with Gasteiger partial charge in [-0.3, -0.25) is 0 Å². The Kier molecular flexibility index (Phi) is 3.98. The van der Waals surface area contributed by atoms with Crippen LogP contribution in [-0.4, -0.2) is 30.6 Å². The van der Waals surface area contributed by atoms with E-state index in [4.69, 9.17) is 10.5 Å². The average Bonchev–Trinajstić information content (AvgIpc) is 2.86. The predicted molar refractivity (Wildman–Crippen MR) is 65.4 cm³/mol. The fourth-order valence-corrected chi connectivity index (χ4v) is 2.00. The summed E-state index contributed by atoms with van der Waals surface area (Å²) in [5.41, 5.74) is 6.59. The molecule has 0 radical (unpaired) electrons. The van der Waals surface area contributed by atoms with Crippen LogP contribution in [0.1, 0.15) is 12.0 Å². The van der Waals surface area contributed by atoms with Crippen molar-refractivity contribution in [2.24, 2.45) is 11.7 Å². The summed E-state index contributed by atoms with van der Waals surface area (Å²) in [6.45, 7) is 2.46. The van der Waals surface area contributed by atoms with E-state index in [1.807, 2.05) is 30.3 Å². The van der Waals surface area contributed by atoms with Crippen LogP contribution >= 0.6 is 0 Å². The maximum atomic E-state index is 11.7. The summed E-state index contributed by atoms with van der Waals surface area (Å²) in [5.74, 6) is 0.430. The fraction of sp³-hybridized carbons (Fsp3) is 0.462. The van der Waals surface area contributed by atoms with Crippen molar-refractivity contribution in [2.45, 2.75) is 13.0 Å². The molecule has 1 amide bonds. The highest BCUT2D eigenvalue weighted by Gasteiger charge is 2.26. The molecule has 0 aromatic heterocycles. The second-order valence-electron chi connectivity index (χ2n) is 4.38. The van der Waals surface area contributed by atoms with E-state index in [2.05, 4.69) is 0 Å². The summed E-state index contributed by atoms with van der Waals surface area (Å²) in [6.07, 6.45) is 0.751. The van der Waals surface area contributed by atoms with Gasteiger partial charge in [0.15, 0.2) is 0 Å². The lowest BCUT2D eigenvalue weighted by atomic mass is 10.1. The van der Waals surface area contributed by atoms with Crippen molar-refractivity contribution in [3.05, 3.63) is 35.9 Å². The normalized spacial score (nSPS) is 19.4.